The molecule has 0 unspecified atom stereocenters. The van der Waals surface area contributed by atoms with Gasteiger partial charge >= 0.3 is 0 Å². The summed E-state index contributed by atoms with van der Waals surface area (Å²) in [6.45, 7) is 1.33. The van der Waals surface area contributed by atoms with Gasteiger partial charge < -0.3 is 10.3 Å². The summed E-state index contributed by atoms with van der Waals surface area (Å²) in [6, 6.07) is 6.28. The van der Waals surface area contributed by atoms with E-state index in [0.717, 1.165) is 17.8 Å². The lowest BCUT2D eigenvalue weighted by molar-refractivity contribution is 0.628. The van der Waals surface area contributed by atoms with Crippen molar-refractivity contribution in [3.05, 3.63) is 42.6 Å². The Kier molecular flexibility index (Phi) is 2.78. The highest BCUT2D eigenvalue weighted by atomic mass is 19.1. The molecule has 0 aliphatic carbocycles. The van der Waals surface area contributed by atoms with Gasteiger partial charge in [0.25, 0.3) is 0 Å². The molecule has 3 nitrogen and oxygen atoms in total. The Morgan fingerprint density at radius 2 is 2.00 bits per heavy atom. The van der Waals surface area contributed by atoms with E-state index in [1.54, 1.807) is 18.5 Å². The normalized spacial score (nSPS) is 10.5. The molecule has 0 radical (unpaired) electrons. The average molecular weight is 205 g/mol. The van der Waals surface area contributed by atoms with Crippen LogP contribution < -0.4 is 5.73 Å². The van der Waals surface area contributed by atoms with Gasteiger partial charge in [-0.05, 0) is 24.3 Å². The first kappa shape index (κ1) is 9.86. The number of nitrogens with two attached hydrogens (primary N) is 1. The van der Waals surface area contributed by atoms with E-state index in [1.807, 2.05) is 10.8 Å². The molecular weight excluding hydrogens is 193 g/mol. The van der Waals surface area contributed by atoms with E-state index in [2.05, 4.69) is 4.98 Å². The predicted molar refractivity (Wildman–Crippen MR) is 56.7 cm³/mol. The van der Waals surface area contributed by atoms with Crippen LogP contribution in [0.2, 0.25) is 0 Å². The second-order valence-corrected chi connectivity index (χ2v) is 3.29. The van der Waals surface area contributed by atoms with E-state index < -0.39 is 0 Å². The van der Waals surface area contributed by atoms with Gasteiger partial charge in [-0.15, -0.1) is 0 Å². The summed E-state index contributed by atoms with van der Waals surface area (Å²) in [5.74, 6) is -0.236. The fourth-order valence-electron chi connectivity index (χ4n) is 1.40. The second kappa shape index (κ2) is 4.23. The molecule has 1 aromatic carbocycles. The topological polar surface area (TPSA) is 43.8 Å². The zero-order valence-electron chi connectivity index (χ0n) is 8.23. The van der Waals surface area contributed by atoms with Gasteiger partial charge in [0, 0.05) is 24.8 Å². The molecule has 0 atom stereocenters. The SMILES string of the molecule is NCCn1cnc(-c2ccc(F)cc2)c1. The number of nitrogens with zero attached hydrogens (tertiary/aromatic N) is 2. The number of aromatic nitrogens is 2. The molecule has 0 fully saturated rings. The Labute approximate surface area is 87.4 Å². The maximum absolute atomic E-state index is 12.7. The van der Waals surface area contributed by atoms with Crippen molar-refractivity contribution in [1.29, 1.82) is 0 Å². The smallest absolute Gasteiger partial charge is 0.123 e. The van der Waals surface area contributed by atoms with Crippen molar-refractivity contribution in [3.63, 3.8) is 0 Å². The summed E-state index contributed by atoms with van der Waals surface area (Å²) in [4.78, 5) is 4.22. The second-order valence-electron chi connectivity index (χ2n) is 3.29. The molecule has 0 saturated heterocycles. The zero-order chi connectivity index (χ0) is 10.7. The third-order valence-corrected chi connectivity index (χ3v) is 2.16. The molecule has 0 saturated carbocycles. The molecule has 1 heterocycles. The fourth-order valence-corrected chi connectivity index (χ4v) is 1.40. The van der Waals surface area contributed by atoms with Gasteiger partial charge in [0.05, 0.1) is 12.0 Å². The molecule has 0 spiro atoms. The Hall–Kier alpha value is -1.68. The summed E-state index contributed by atoms with van der Waals surface area (Å²) >= 11 is 0. The Morgan fingerprint density at radius 1 is 1.27 bits per heavy atom. The highest BCUT2D eigenvalue weighted by Crippen LogP contribution is 2.16. The average Bonchev–Trinajstić information content (AvgIpc) is 2.68. The lowest BCUT2D eigenvalue weighted by Gasteiger charge is -1.97. The van der Waals surface area contributed by atoms with Crippen LogP contribution in [-0.4, -0.2) is 16.1 Å². The first-order valence-corrected chi connectivity index (χ1v) is 4.77. The molecule has 1 aromatic heterocycles. The number of benzene rings is 1. The molecule has 2 rings (SSSR count). The van der Waals surface area contributed by atoms with Crippen molar-refractivity contribution in [2.24, 2.45) is 5.73 Å². The van der Waals surface area contributed by atoms with Crippen molar-refractivity contribution < 1.29 is 4.39 Å². The predicted octanol–water partition coefficient (Wildman–Crippen LogP) is 1.65. The molecule has 0 bridgehead atoms. The number of hydrogen-bond donors (Lipinski definition) is 1. The monoisotopic (exact) mass is 205 g/mol. The largest absolute Gasteiger partial charge is 0.336 e. The number of halogens is 1. The van der Waals surface area contributed by atoms with E-state index in [9.17, 15) is 4.39 Å². The minimum Gasteiger partial charge on any atom is -0.336 e. The van der Waals surface area contributed by atoms with E-state index in [4.69, 9.17) is 5.73 Å². The summed E-state index contributed by atoms with van der Waals surface area (Å²) in [6.07, 6.45) is 3.63. The molecule has 2 aromatic rings. The van der Waals surface area contributed by atoms with Crippen molar-refractivity contribution in [1.82, 2.24) is 9.55 Å². The van der Waals surface area contributed by atoms with Gasteiger partial charge in [-0.3, -0.25) is 0 Å². The van der Waals surface area contributed by atoms with Crippen LogP contribution in [0.5, 0.6) is 0 Å². The van der Waals surface area contributed by atoms with Crippen molar-refractivity contribution >= 4 is 0 Å². The molecule has 0 aliphatic rings. The molecule has 0 amide bonds. The van der Waals surface area contributed by atoms with Gasteiger partial charge in [-0.1, -0.05) is 0 Å². The van der Waals surface area contributed by atoms with E-state index in [-0.39, 0.29) is 5.82 Å². The molecule has 4 heteroatoms. The van der Waals surface area contributed by atoms with E-state index in [0.29, 0.717) is 6.54 Å². The molecule has 15 heavy (non-hydrogen) atoms. The highest BCUT2D eigenvalue weighted by molar-refractivity contribution is 5.57. The molecule has 78 valence electrons. The van der Waals surface area contributed by atoms with Crippen LogP contribution in [0.25, 0.3) is 11.3 Å². The van der Waals surface area contributed by atoms with E-state index >= 15 is 0 Å². The number of imidazole rings is 1. The fraction of sp³-hybridized carbons (Fsp3) is 0.182. The third-order valence-electron chi connectivity index (χ3n) is 2.16. The summed E-state index contributed by atoms with van der Waals surface area (Å²) in [7, 11) is 0. The summed E-state index contributed by atoms with van der Waals surface area (Å²) in [5.41, 5.74) is 7.18. The van der Waals surface area contributed by atoms with Gasteiger partial charge in [-0.25, -0.2) is 9.37 Å². The molecule has 2 N–H and O–H groups in total. The molecular formula is C11H12FN3. The van der Waals surface area contributed by atoms with Crippen molar-refractivity contribution in [3.8, 4) is 11.3 Å². The Bertz CT molecular complexity index is 433. The van der Waals surface area contributed by atoms with Crippen LogP contribution in [0.15, 0.2) is 36.8 Å². The minimum atomic E-state index is -0.236. The highest BCUT2D eigenvalue weighted by Gasteiger charge is 2.01. The maximum atomic E-state index is 12.7. The summed E-state index contributed by atoms with van der Waals surface area (Å²) in [5, 5.41) is 0. The Balaban J connectivity index is 2.25. The zero-order valence-corrected chi connectivity index (χ0v) is 8.23. The van der Waals surface area contributed by atoms with Gasteiger partial charge in [-0.2, -0.15) is 0 Å². The lowest BCUT2D eigenvalue weighted by atomic mass is 10.2. The van der Waals surface area contributed by atoms with Gasteiger partial charge in [0.15, 0.2) is 0 Å². The Morgan fingerprint density at radius 3 is 2.67 bits per heavy atom. The van der Waals surface area contributed by atoms with Crippen molar-refractivity contribution in [2.75, 3.05) is 6.54 Å². The van der Waals surface area contributed by atoms with Gasteiger partial charge in [0.2, 0.25) is 0 Å². The van der Waals surface area contributed by atoms with Crippen molar-refractivity contribution in [2.45, 2.75) is 6.54 Å². The van der Waals surface area contributed by atoms with Crippen LogP contribution in [-0.2, 0) is 6.54 Å². The summed E-state index contributed by atoms with van der Waals surface area (Å²) < 4.78 is 14.6. The van der Waals surface area contributed by atoms with Crippen LogP contribution in [0, 0.1) is 5.82 Å². The first-order chi connectivity index (χ1) is 7.29. The first-order valence-electron chi connectivity index (χ1n) is 4.77. The third kappa shape index (κ3) is 2.22. The van der Waals surface area contributed by atoms with Crippen LogP contribution in [0.1, 0.15) is 0 Å². The lowest BCUT2D eigenvalue weighted by Crippen LogP contribution is -2.07. The van der Waals surface area contributed by atoms with Gasteiger partial charge in [0.1, 0.15) is 5.82 Å². The standard InChI is InChI=1S/C11H12FN3/c12-10-3-1-9(2-4-10)11-7-15(6-5-13)8-14-11/h1-4,7-8H,5-6,13H2. The van der Waals surface area contributed by atoms with Crippen LogP contribution >= 0.6 is 0 Å². The minimum absolute atomic E-state index is 0.236. The quantitative estimate of drug-likeness (QED) is 0.828. The van der Waals surface area contributed by atoms with Crippen LogP contribution in [0.3, 0.4) is 0 Å². The van der Waals surface area contributed by atoms with Crippen LogP contribution in [0.4, 0.5) is 4.39 Å². The number of hydrogen-bond acceptors (Lipinski definition) is 2. The maximum Gasteiger partial charge on any atom is 0.123 e. The van der Waals surface area contributed by atoms with E-state index in [1.165, 1.54) is 12.1 Å². The number of rotatable bonds is 3. The molecule has 0 aliphatic heterocycles.